The Bertz CT molecular complexity index is 1170. The largest absolute Gasteiger partial charge is 0.388 e. The van der Waals surface area contributed by atoms with Crippen LogP contribution in [0.3, 0.4) is 0 Å². The quantitative estimate of drug-likeness (QED) is 0.366. The van der Waals surface area contributed by atoms with Crippen molar-refractivity contribution in [3.8, 4) is 0 Å². The van der Waals surface area contributed by atoms with E-state index in [1.807, 2.05) is 56.6 Å². The molecule has 0 saturated heterocycles. The third-order valence-corrected chi connectivity index (χ3v) is 6.51. The molecule has 3 aromatic rings. The van der Waals surface area contributed by atoms with Crippen LogP contribution in [-0.4, -0.2) is 30.7 Å². The van der Waals surface area contributed by atoms with E-state index >= 15 is 0 Å². The minimum absolute atomic E-state index is 0.00690. The maximum Gasteiger partial charge on any atom is 0.188 e. The predicted octanol–water partition coefficient (Wildman–Crippen LogP) is 5.57. The van der Waals surface area contributed by atoms with E-state index in [4.69, 9.17) is 16.3 Å². The molecular weight excluding hydrogens is 442 g/mol. The first kappa shape index (κ1) is 23.9. The van der Waals surface area contributed by atoms with Crippen LogP contribution in [-0.2, 0) is 11.3 Å². The molecule has 168 valence electrons. The van der Waals surface area contributed by atoms with E-state index in [9.17, 15) is 4.79 Å². The molecule has 1 aromatic carbocycles. The lowest BCUT2D eigenvalue weighted by Crippen LogP contribution is -2.28. The van der Waals surface area contributed by atoms with Crippen molar-refractivity contribution in [3.05, 3.63) is 93.8 Å². The van der Waals surface area contributed by atoms with Gasteiger partial charge >= 0.3 is 0 Å². The molecule has 0 spiro atoms. The summed E-state index contributed by atoms with van der Waals surface area (Å²) in [6.07, 6.45) is 7.19. The van der Waals surface area contributed by atoms with Gasteiger partial charge in [0.2, 0.25) is 0 Å². The topological polar surface area (TPSA) is 55.3 Å². The van der Waals surface area contributed by atoms with Crippen molar-refractivity contribution in [1.82, 2.24) is 15.2 Å². The van der Waals surface area contributed by atoms with E-state index in [2.05, 4.69) is 34.8 Å². The Hall–Kier alpha value is -2.80. The third-order valence-electron chi connectivity index (χ3n) is 5.20. The molecule has 5 nitrogen and oxygen atoms in total. The zero-order valence-electron chi connectivity index (χ0n) is 18.7. The molecule has 1 aliphatic rings. The van der Waals surface area contributed by atoms with Crippen LogP contribution in [0, 0.1) is 13.8 Å². The van der Waals surface area contributed by atoms with Gasteiger partial charge in [-0.2, -0.15) is 0 Å². The molecular formula is C25H28ClN3O2S. The van der Waals surface area contributed by atoms with Gasteiger partial charge in [-0.25, -0.2) is 0 Å². The Kier molecular flexibility index (Phi) is 7.96. The standard InChI is InChI=1S/C18H16ClNOS.C7H12N2O/c1-4-16(21)17-12(3)20(15-9-11(2)22-18(15)17)10-13-5-7-14(19)8-6-13;1-8-6-3-4-9-7(5-6)10-2/h4-9H,1,10H2,2-3H3;3-5,7-9H,1-2H3. The maximum atomic E-state index is 12.2. The van der Waals surface area contributed by atoms with Crippen LogP contribution in [0.4, 0.5) is 0 Å². The van der Waals surface area contributed by atoms with Gasteiger partial charge in [-0.15, -0.1) is 11.3 Å². The molecule has 0 fully saturated rings. The van der Waals surface area contributed by atoms with Gasteiger partial charge in [0, 0.05) is 48.2 Å². The van der Waals surface area contributed by atoms with Crippen LogP contribution in [0.15, 0.2) is 67.0 Å². The first-order valence-corrected chi connectivity index (χ1v) is 11.4. The summed E-state index contributed by atoms with van der Waals surface area (Å²) in [5.41, 5.74) is 5.11. The SMILES string of the molecule is C=CC(=O)c1c(C)n(Cc2ccc(Cl)cc2)c2cc(C)sc12.CNC1=CC(OC)NC=C1. The molecule has 32 heavy (non-hydrogen) atoms. The molecule has 2 aromatic heterocycles. The predicted molar refractivity (Wildman–Crippen MR) is 135 cm³/mol. The number of nitrogens with one attached hydrogen (secondary N) is 2. The number of methoxy groups -OCH3 is 1. The number of ether oxygens (including phenoxy) is 1. The Morgan fingerprint density at radius 2 is 2.06 bits per heavy atom. The molecule has 1 aliphatic heterocycles. The molecule has 0 bridgehead atoms. The summed E-state index contributed by atoms with van der Waals surface area (Å²) in [6, 6.07) is 9.95. The van der Waals surface area contributed by atoms with Crippen molar-refractivity contribution in [2.45, 2.75) is 26.6 Å². The summed E-state index contributed by atoms with van der Waals surface area (Å²) in [5, 5.41) is 6.77. The van der Waals surface area contributed by atoms with E-state index in [0.29, 0.717) is 0 Å². The fraction of sp³-hybridized carbons (Fsp3) is 0.240. The highest BCUT2D eigenvalue weighted by molar-refractivity contribution is 7.19. The van der Waals surface area contributed by atoms with Gasteiger partial charge in [0.15, 0.2) is 5.78 Å². The zero-order valence-corrected chi connectivity index (χ0v) is 20.3. The number of carbonyl (C=O) groups is 1. The summed E-state index contributed by atoms with van der Waals surface area (Å²) in [5.74, 6) is -0.0146. The Balaban J connectivity index is 0.000000243. The van der Waals surface area contributed by atoms with E-state index in [1.54, 1.807) is 18.4 Å². The summed E-state index contributed by atoms with van der Waals surface area (Å²) in [7, 11) is 3.55. The normalized spacial score (nSPS) is 14.9. The first-order valence-electron chi connectivity index (χ1n) is 10.2. The number of carbonyl (C=O) groups excluding carboxylic acids is 1. The number of hydrogen-bond acceptors (Lipinski definition) is 5. The molecule has 2 N–H and O–H groups in total. The number of halogens is 1. The van der Waals surface area contributed by atoms with Crippen LogP contribution in [0.5, 0.6) is 0 Å². The van der Waals surface area contributed by atoms with Gasteiger partial charge in [0.1, 0.15) is 6.23 Å². The van der Waals surface area contributed by atoms with E-state index < -0.39 is 0 Å². The molecule has 4 rings (SSSR count). The Labute approximate surface area is 198 Å². The highest BCUT2D eigenvalue weighted by atomic mass is 35.5. The van der Waals surface area contributed by atoms with Gasteiger partial charge in [0.25, 0.3) is 0 Å². The minimum atomic E-state index is -0.0146. The number of allylic oxidation sites excluding steroid dienone is 2. The van der Waals surface area contributed by atoms with Gasteiger partial charge in [-0.1, -0.05) is 30.3 Å². The summed E-state index contributed by atoms with van der Waals surface area (Å²) >= 11 is 7.61. The number of benzene rings is 1. The highest BCUT2D eigenvalue weighted by Gasteiger charge is 2.20. The number of rotatable bonds is 6. The summed E-state index contributed by atoms with van der Waals surface area (Å²) in [4.78, 5) is 13.4. The van der Waals surface area contributed by atoms with Crippen molar-refractivity contribution < 1.29 is 9.53 Å². The second kappa shape index (κ2) is 10.7. The fourth-order valence-corrected chi connectivity index (χ4v) is 4.77. The lowest BCUT2D eigenvalue weighted by atomic mass is 10.1. The fourth-order valence-electron chi connectivity index (χ4n) is 3.53. The van der Waals surface area contributed by atoms with Crippen LogP contribution in [0.25, 0.3) is 10.2 Å². The number of likely N-dealkylation sites (N-methyl/N-ethyl adjacent to an activating group) is 1. The lowest BCUT2D eigenvalue weighted by Gasteiger charge is -2.16. The second-order valence-electron chi connectivity index (χ2n) is 7.34. The molecule has 0 aliphatic carbocycles. The van der Waals surface area contributed by atoms with Gasteiger partial charge in [0.05, 0.1) is 15.8 Å². The van der Waals surface area contributed by atoms with Crippen molar-refractivity contribution in [1.29, 1.82) is 0 Å². The molecule has 1 atom stereocenters. The number of ketones is 1. The Morgan fingerprint density at radius 3 is 2.69 bits per heavy atom. The molecule has 1 unspecified atom stereocenters. The van der Waals surface area contributed by atoms with Crippen LogP contribution in [0.2, 0.25) is 5.02 Å². The van der Waals surface area contributed by atoms with Gasteiger partial charge in [-0.05, 0) is 55.8 Å². The molecule has 0 amide bonds. The monoisotopic (exact) mass is 469 g/mol. The molecule has 0 saturated carbocycles. The van der Waals surface area contributed by atoms with Crippen LogP contribution < -0.4 is 10.6 Å². The van der Waals surface area contributed by atoms with Crippen molar-refractivity contribution >= 4 is 38.9 Å². The number of nitrogens with zero attached hydrogens (tertiary/aromatic N) is 1. The number of thiophene rings is 1. The first-order chi connectivity index (χ1) is 15.4. The number of fused-ring (bicyclic) bond motifs is 1. The Morgan fingerprint density at radius 1 is 1.34 bits per heavy atom. The van der Waals surface area contributed by atoms with Crippen molar-refractivity contribution in [3.63, 3.8) is 0 Å². The molecule has 0 radical (unpaired) electrons. The number of aromatic nitrogens is 1. The van der Waals surface area contributed by atoms with Crippen LogP contribution in [0.1, 0.15) is 26.5 Å². The minimum Gasteiger partial charge on any atom is -0.388 e. The maximum absolute atomic E-state index is 12.2. The molecule has 3 heterocycles. The number of aryl methyl sites for hydroxylation is 1. The number of hydrogen-bond donors (Lipinski definition) is 2. The zero-order chi connectivity index (χ0) is 23.3. The van der Waals surface area contributed by atoms with Gasteiger partial charge < -0.3 is 19.9 Å². The van der Waals surface area contributed by atoms with E-state index in [1.165, 1.54) is 11.0 Å². The molecule has 7 heteroatoms. The van der Waals surface area contributed by atoms with Gasteiger partial charge in [-0.3, -0.25) is 4.79 Å². The van der Waals surface area contributed by atoms with E-state index in [-0.39, 0.29) is 12.0 Å². The van der Waals surface area contributed by atoms with E-state index in [0.717, 1.165) is 44.3 Å². The highest BCUT2D eigenvalue weighted by Crippen LogP contribution is 2.34. The summed E-state index contributed by atoms with van der Waals surface area (Å²) < 4.78 is 8.29. The average molecular weight is 470 g/mol. The van der Waals surface area contributed by atoms with Crippen molar-refractivity contribution in [2.75, 3.05) is 14.2 Å². The van der Waals surface area contributed by atoms with Crippen molar-refractivity contribution in [2.24, 2.45) is 0 Å². The lowest BCUT2D eigenvalue weighted by molar-refractivity contribution is 0.104. The number of dihydropyridines is 1. The average Bonchev–Trinajstić information content (AvgIpc) is 3.29. The summed E-state index contributed by atoms with van der Waals surface area (Å²) in [6.45, 7) is 8.41. The smallest absolute Gasteiger partial charge is 0.188 e. The third kappa shape index (κ3) is 5.33. The second-order valence-corrected chi connectivity index (χ2v) is 9.03. The van der Waals surface area contributed by atoms with Crippen LogP contribution >= 0.6 is 22.9 Å².